The summed E-state index contributed by atoms with van der Waals surface area (Å²) >= 11 is 5.96. The first-order chi connectivity index (χ1) is 13.1. The summed E-state index contributed by atoms with van der Waals surface area (Å²) in [6.07, 6.45) is 1.37. The maximum Gasteiger partial charge on any atom is 0.267 e. The van der Waals surface area contributed by atoms with Crippen LogP contribution >= 0.6 is 11.6 Å². The maximum atomic E-state index is 12.4. The highest BCUT2D eigenvalue weighted by atomic mass is 35.5. The number of hydrogen-bond acceptors (Lipinski definition) is 4. The predicted molar refractivity (Wildman–Crippen MR) is 108 cm³/mol. The minimum atomic E-state index is -0.564. The van der Waals surface area contributed by atoms with Crippen molar-refractivity contribution in [3.05, 3.63) is 77.5 Å². The molecule has 0 bridgehead atoms. The Morgan fingerprint density at radius 1 is 1.11 bits per heavy atom. The zero-order valence-electron chi connectivity index (χ0n) is 14.5. The number of carbonyl (C=O) groups is 1. The molecule has 0 aromatic heterocycles. The van der Waals surface area contributed by atoms with E-state index in [0.29, 0.717) is 16.5 Å². The van der Waals surface area contributed by atoms with Gasteiger partial charge in [-0.3, -0.25) is 4.79 Å². The standard InChI is InChI=1S/C21H16ClN3O2/c1-27-20-9-7-17(22)11-19(20)25-21(26)16(12-23)13-24-18-8-6-14-4-2-3-5-15(14)10-18/h2-11,13,24H,1H3,(H,25,26)/b16-13-. The van der Waals surface area contributed by atoms with E-state index < -0.39 is 5.91 Å². The van der Waals surface area contributed by atoms with Gasteiger partial charge in [-0.2, -0.15) is 5.26 Å². The molecule has 3 aromatic carbocycles. The molecule has 1 amide bonds. The van der Waals surface area contributed by atoms with Gasteiger partial charge in [0.05, 0.1) is 12.8 Å². The molecular weight excluding hydrogens is 362 g/mol. The summed E-state index contributed by atoms with van der Waals surface area (Å²) < 4.78 is 5.19. The van der Waals surface area contributed by atoms with Gasteiger partial charge in [0.2, 0.25) is 0 Å². The van der Waals surface area contributed by atoms with E-state index in [4.69, 9.17) is 16.3 Å². The summed E-state index contributed by atoms with van der Waals surface area (Å²) in [7, 11) is 1.49. The van der Waals surface area contributed by atoms with Crippen LogP contribution in [0.1, 0.15) is 0 Å². The van der Waals surface area contributed by atoms with Crippen molar-refractivity contribution in [2.24, 2.45) is 0 Å². The molecule has 134 valence electrons. The van der Waals surface area contributed by atoms with Gasteiger partial charge in [0.25, 0.3) is 5.91 Å². The van der Waals surface area contributed by atoms with Crippen LogP contribution in [0.15, 0.2) is 72.4 Å². The Balaban J connectivity index is 1.78. The number of hydrogen-bond donors (Lipinski definition) is 2. The molecule has 0 fully saturated rings. The SMILES string of the molecule is COc1ccc(Cl)cc1NC(=O)/C(C#N)=C\Nc1ccc2ccccc2c1. The number of halogens is 1. The zero-order chi connectivity index (χ0) is 19.2. The third-order valence-electron chi connectivity index (χ3n) is 3.91. The van der Waals surface area contributed by atoms with Gasteiger partial charge in [-0.25, -0.2) is 0 Å². The summed E-state index contributed by atoms with van der Waals surface area (Å²) in [4.78, 5) is 12.4. The predicted octanol–water partition coefficient (Wildman–Crippen LogP) is 4.96. The fourth-order valence-electron chi connectivity index (χ4n) is 2.55. The minimum Gasteiger partial charge on any atom is -0.495 e. The highest BCUT2D eigenvalue weighted by Crippen LogP contribution is 2.28. The molecule has 6 heteroatoms. The Labute approximate surface area is 161 Å². The number of carbonyl (C=O) groups excluding carboxylic acids is 1. The lowest BCUT2D eigenvalue weighted by Gasteiger charge is -2.10. The molecule has 5 nitrogen and oxygen atoms in total. The molecular formula is C21H16ClN3O2. The van der Waals surface area contributed by atoms with E-state index in [9.17, 15) is 10.1 Å². The number of amides is 1. The topological polar surface area (TPSA) is 74.1 Å². The van der Waals surface area contributed by atoms with Crippen molar-refractivity contribution in [2.75, 3.05) is 17.7 Å². The van der Waals surface area contributed by atoms with Gasteiger partial charge >= 0.3 is 0 Å². The monoisotopic (exact) mass is 377 g/mol. The number of nitriles is 1. The van der Waals surface area contributed by atoms with Gasteiger partial charge in [-0.15, -0.1) is 0 Å². The van der Waals surface area contributed by atoms with E-state index in [-0.39, 0.29) is 5.57 Å². The van der Waals surface area contributed by atoms with Crippen molar-refractivity contribution >= 4 is 39.7 Å². The third kappa shape index (κ3) is 4.38. The average molecular weight is 378 g/mol. The molecule has 3 aromatic rings. The number of benzene rings is 3. The van der Waals surface area contributed by atoms with E-state index in [1.807, 2.05) is 48.5 Å². The Morgan fingerprint density at radius 3 is 2.63 bits per heavy atom. The highest BCUT2D eigenvalue weighted by molar-refractivity contribution is 6.31. The molecule has 2 N–H and O–H groups in total. The summed E-state index contributed by atoms with van der Waals surface area (Å²) in [6.45, 7) is 0. The van der Waals surface area contributed by atoms with Crippen LogP contribution in [0.4, 0.5) is 11.4 Å². The van der Waals surface area contributed by atoms with Crippen LogP contribution in [0.3, 0.4) is 0 Å². The van der Waals surface area contributed by atoms with Crippen LogP contribution in [0.25, 0.3) is 10.8 Å². The molecule has 0 heterocycles. The molecule has 0 unspecified atom stereocenters. The number of nitrogens with one attached hydrogen (secondary N) is 2. The fourth-order valence-corrected chi connectivity index (χ4v) is 2.72. The lowest BCUT2D eigenvalue weighted by atomic mass is 10.1. The first kappa shape index (κ1) is 18.3. The molecule has 0 saturated heterocycles. The smallest absolute Gasteiger partial charge is 0.267 e. The first-order valence-electron chi connectivity index (χ1n) is 8.11. The molecule has 0 saturated carbocycles. The molecule has 0 atom stereocenters. The van der Waals surface area contributed by atoms with Crippen molar-refractivity contribution < 1.29 is 9.53 Å². The van der Waals surface area contributed by atoms with Crippen molar-refractivity contribution in [1.82, 2.24) is 0 Å². The van der Waals surface area contributed by atoms with E-state index in [1.54, 1.807) is 18.2 Å². The van der Waals surface area contributed by atoms with Gasteiger partial charge in [0.1, 0.15) is 17.4 Å². The first-order valence-corrected chi connectivity index (χ1v) is 8.49. The van der Waals surface area contributed by atoms with Crippen molar-refractivity contribution in [1.29, 1.82) is 5.26 Å². The van der Waals surface area contributed by atoms with E-state index in [2.05, 4.69) is 10.6 Å². The summed E-state index contributed by atoms with van der Waals surface area (Å²) in [5.74, 6) is -0.112. The number of ether oxygens (including phenoxy) is 1. The lowest BCUT2D eigenvalue weighted by molar-refractivity contribution is -0.112. The Hall–Kier alpha value is -3.49. The van der Waals surface area contributed by atoms with Gasteiger partial charge in [-0.05, 0) is 41.1 Å². The second-order valence-corrected chi connectivity index (χ2v) is 6.11. The average Bonchev–Trinajstić information content (AvgIpc) is 2.68. The third-order valence-corrected chi connectivity index (χ3v) is 4.14. The van der Waals surface area contributed by atoms with E-state index >= 15 is 0 Å². The van der Waals surface area contributed by atoms with Gasteiger partial charge < -0.3 is 15.4 Å². The fraction of sp³-hybridized carbons (Fsp3) is 0.0476. The second kappa shape index (κ2) is 8.26. The molecule has 0 radical (unpaired) electrons. The molecule has 0 aliphatic rings. The highest BCUT2D eigenvalue weighted by Gasteiger charge is 2.13. The normalized spacial score (nSPS) is 10.9. The zero-order valence-corrected chi connectivity index (χ0v) is 15.2. The number of methoxy groups -OCH3 is 1. The van der Waals surface area contributed by atoms with Gasteiger partial charge in [0.15, 0.2) is 0 Å². The Morgan fingerprint density at radius 2 is 1.89 bits per heavy atom. The van der Waals surface area contributed by atoms with Gasteiger partial charge in [0, 0.05) is 16.9 Å². The minimum absolute atomic E-state index is 0.0785. The van der Waals surface area contributed by atoms with E-state index in [1.165, 1.54) is 13.3 Å². The van der Waals surface area contributed by atoms with E-state index in [0.717, 1.165) is 16.5 Å². The number of nitrogens with zero attached hydrogens (tertiary/aromatic N) is 1. The summed E-state index contributed by atoms with van der Waals surface area (Å²) in [5, 5.41) is 17.6. The maximum absolute atomic E-state index is 12.4. The summed E-state index contributed by atoms with van der Waals surface area (Å²) in [5.41, 5.74) is 1.08. The number of fused-ring (bicyclic) bond motifs is 1. The molecule has 0 spiro atoms. The van der Waals surface area contributed by atoms with Crippen LogP contribution in [0, 0.1) is 11.3 Å². The quantitative estimate of drug-likeness (QED) is 0.486. The number of anilines is 2. The van der Waals surface area contributed by atoms with Crippen LogP contribution in [0.5, 0.6) is 5.75 Å². The second-order valence-electron chi connectivity index (χ2n) is 5.67. The van der Waals surface area contributed by atoms with Crippen LogP contribution in [-0.4, -0.2) is 13.0 Å². The molecule has 0 aliphatic heterocycles. The van der Waals surface area contributed by atoms with Crippen LogP contribution < -0.4 is 15.4 Å². The lowest BCUT2D eigenvalue weighted by Crippen LogP contribution is -2.15. The molecule has 0 aliphatic carbocycles. The van der Waals surface area contributed by atoms with Crippen molar-refractivity contribution in [2.45, 2.75) is 0 Å². The molecule has 3 rings (SSSR count). The van der Waals surface area contributed by atoms with Gasteiger partial charge in [-0.1, -0.05) is 41.9 Å². The largest absolute Gasteiger partial charge is 0.495 e. The van der Waals surface area contributed by atoms with Crippen LogP contribution in [0.2, 0.25) is 5.02 Å². The summed E-state index contributed by atoms with van der Waals surface area (Å²) in [6, 6.07) is 20.5. The van der Waals surface area contributed by atoms with Crippen LogP contribution in [-0.2, 0) is 4.79 Å². The molecule has 27 heavy (non-hydrogen) atoms. The Kier molecular flexibility index (Phi) is 5.60. The van der Waals surface area contributed by atoms with Crippen molar-refractivity contribution in [3.63, 3.8) is 0 Å². The van der Waals surface area contributed by atoms with Crippen molar-refractivity contribution in [3.8, 4) is 11.8 Å². The Bertz CT molecular complexity index is 1070. The number of rotatable bonds is 5.